The number of anilines is 1. The van der Waals surface area contributed by atoms with E-state index in [1.165, 1.54) is 0 Å². The highest BCUT2D eigenvalue weighted by Crippen LogP contribution is 2.19. The molecule has 0 aliphatic rings. The van der Waals surface area contributed by atoms with Crippen molar-refractivity contribution in [2.45, 2.75) is 32.1 Å². The molecule has 5 heteroatoms. The molecule has 0 fully saturated rings. The maximum atomic E-state index is 11.3. The van der Waals surface area contributed by atoms with Crippen LogP contribution in [0.1, 0.15) is 25.8 Å². The molecule has 0 atom stereocenters. The Hall–Kier alpha value is -1.07. The average Bonchev–Trinajstić information content (AvgIpc) is 2.18. The van der Waals surface area contributed by atoms with Crippen LogP contribution in [0.15, 0.2) is 23.1 Å². The zero-order valence-electron chi connectivity index (χ0n) is 10.5. The fraction of sp³-hybridized carbons (Fsp3) is 0.500. The minimum atomic E-state index is -3.64. The highest BCUT2D eigenvalue weighted by molar-refractivity contribution is 7.89. The van der Waals surface area contributed by atoms with Gasteiger partial charge in [0.05, 0.1) is 4.90 Å². The predicted octanol–water partition coefficient (Wildman–Crippen LogP) is 2.10. The summed E-state index contributed by atoms with van der Waals surface area (Å²) in [4.78, 5) is 0.187. The van der Waals surface area contributed by atoms with E-state index in [0.29, 0.717) is 11.5 Å². The number of primary sulfonamides is 1. The summed E-state index contributed by atoms with van der Waals surface area (Å²) in [5.74, 6) is 0.616. The Morgan fingerprint density at radius 1 is 1.35 bits per heavy atom. The van der Waals surface area contributed by atoms with E-state index in [9.17, 15) is 8.42 Å². The van der Waals surface area contributed by atoms with Gasteiger partial charge >= 0.3 is 0 Å². The summed E-state index contributed by atoms with van der Waals surface area (Å²) < 4.78 is 22.7. The molecule has 0 bridgehead atoms. The molecule has 1 aromatic carbocycles. The molecule has 3 N–H and O–H groups in total. The van der Waals surface area contributed by atoms with Gasteiger partial charge in [0, 0.05) is 12.2 Å². The second kappa shape index (κ2) is 5.51. The molecule has 0 unspecified atom stereocenters. The first-order chi connectivity index (χ1) is 7.80. The second-order valence-corrected chi connectivity index (χ2v) is 6.16. The summed E-state index contributed by atoms with van der Waals surface area (Å²) in [6.45, 7) is 6.85. The van der Waals surface area contributed by atoms with Crippen molar-refractivity contribution in [3.05, 3.63) is 23.8 Å². The van der Waals surface area contributed by atoms with Crippen molar-refractivity contribution in [1.82, 2.24) is 0 Å². The van der Waals surface area contributed by atoms with E-state index in [1.54, 1.807) is 19.1 Å². The highest BCUT2D eigenvalue weighted by atomic mass is 32.2. The van der Waals surface area contributed by atoms with E-state index in [-0.39, 0.29) is 4.90 Å². The zero-order chi connectivity index (χ0) is 13.1. The summed E-state index contributed by atoms with van der Waals surface area (Å²) in [7, 11) is -3.64. The van der Waals surface area contributed by atoms with Gasteiger partial charge in [0.15, 0.2) is 0 Å². The first-order valence-electron chi connectivity index (χ1n) is 5.68. The van der Waals surface area contributed by atoms with Crippen LogP contribution in [0.4, 0.5) is 5.69 Å². The van der Waals surface area contributed by atoms with Crippen LogP contribution in [0, 0.1) is 12.8 Å². The van der Waals surface area contributed by atoms with Crippen LogP contribution in [0.25, 0.3) is 0 Å². The van der Waals surface area contributed by atoms with Gasteiger partial charge in [0.1, 0.15) is 0 Å². The van der Waals surface area contributed by atoms with Gasteiger partial charge in [-0.15, -0.1) is 0 Å². The second-order valence-electron chi connectivity index (χ2n) is 4.63. The Kier molecular flexibility index (Phi) is 4.54. The molecule has 0 saturated heterocycles. The number of benzene rings is 1. The fourth-order valence-electron chi connectivity index (χ4n) is 1.52. The lowest BCUT2D eigenvalue weighted by molar-refractivity contribution is 0.597. The third-order valence-electron chi connectivity index (χ3n) is 2.55. The summed E-state index contributed by atoms with van der Waals surface area (Å²) in [5.41, 5.74) is 1.46. The highest BCUT2D eigenvalue weighted by Gasteiger charge is 2.11. The van der Waals surface area contributed by atoms with Gasteiger partial charge in [-0.1, -0.05) is 19.9 Å². The Bertz CT molecular complexity index is 481. The quantitative estimate of drug-likeness (QED) is 0.847. The van der Waals surface area contributed by atoms with Crippen LogP contribution in [-0.2, 0) is 10.0 Å². The molecule has 0 heterocycles. The van der Waals surface area contributed by atoms with Crippen molar-refractivity contribution in [1.29, 1.82) is 0 Å². The maximum Gasteiger partial charge on any atom is 0.238 e. The minimum Gasteiger partial charge on any atom is -0.385 e. The Labute approximate surface area is 103 Å². The monoisotopic (exact) mass is 256 g/mol. The Morgan fingerprint density at radius 2 is 2.00 bits per heavy atom. The summed E-state index contributed by atoms with van der Waals surface area (Å²) in [6, 6.07) is 5.22. The minimum absolute atomic E-state index is 0.187. The molecule has 17 heavy (non-hydrogen) atoms. The van der Waals surface area contributed by atoms with Gasteiger partial charge in [-0.25, -0.2) is 13.6 Å². The largest absolute Gasteiger partial charge is 0.385 e. The lowest BCUT2D eigenvalue weighted by atomic mass is 10.1. The third-order valence-corrected chi connectivity index (χ3v) is 3.60. The maximum absolute atomic E-state index is 11.3. The molecular formula is C12H20N2O2S. The predicted molar refractivity (Wildman–Crippen MR) is 70.5 cm³/mol. The van der Waals surface area contributed by atoms with E-state index >= 15 is 0 Å². The Balaban J connectivity index is 2.83. The van der Waals surface area contributed by atoms with Gasteiger partial charge in [-0.05, 0) is 37.0 Å². The molecule has 0 saturated carbocycles. The number of nitrogens with one attached hydrogen (secondary N) is 1. The number of aryl methyl sites for hydroxylation is 1. The topological polar surface area (TPSA) is 72.2 Å². The van der Waals surface area contributed by atoms with Crippen molar-refractivity contribution in [2.24, 2.45) is 11.1 Å². The van der Waals surface area contributed by atoms with Crippen LogP contribution in [0.3, 0.4) is 0 Å². The van der Waals surface area contributed by atoms with Crippen molar-refractivity contribution >= 4 is 15.7 Å². The molecule has 0 aliphatic heterocycles. The number of sulfonamides is 1. The molecule has 96 valence electrons. The molecule has 0 aromatic heterocycles. The van der Waals surface area contributed by atoms with Gasteiger partial charge in [0.25, 0.3) is 0 Å². The molecule has 1 aromatic rings. The van der Waals surface area contributed by atoms with Crippen molar-refractivity contribution in [2.75, 3.05) is 11.9 Å². The van der Waals surface area contributed by atoms with Crippen LogP contribution < -0.4 is 10.5 Å². The van der Waals surface area contributed by atoms with Gasteiger partial charge in [-0.3, -0.25) is 0 Å². The molecule has 4 nitrogen and oxygen atoms in total. The van der Waals surface area contributed by atoms with E-state index in [2.05, 4.69) is 19.2 Å². The molecule has 0 radical (unpaired) electrons. The van der Waals surface area contributed by atoms with Crippen molar-refractivity contribution in [3.63, 3.8) is 0 Å². The van der Waals surface area contributed by atoms with Gasteiger partial charge < -0.3 is 5.32 Å². The lowest BCUT2D eigenvalue weighted by Crippen LogP contribution is -2.14. The summed E-state index contributed by atoms with van der Waals surface area (Å²) >= 11 is 0. The lowest BCUT2D eigenvalue weighted by Gasteiger charge is -2.10. The van der Waals surface area contributed by atoms with E-state index in [1.807, 2.05) is 6.07 Å². The first kappa shape index (κ1) is 14.0. The normalized spacial score (nSPS) is 11.8. The fourth-order valence-corrected chi connectivity index (χ4v) is 2.33. The molecule has 0 aliphatic carbocycles. The molecule has 0 amide bonds. The van der Waals surface area contributed by atoms with Crippen LogP contribution in [0.5, 0.6) is 0 Å². The zero-order valence-corrected chi connectivity index (χ0v) is 11.3. The SMILES string of the molecule is Cc1ccc(NCCC(C)C)cc1S(N)(=O)=O. The molecule has 0 spiro atoms. The summed E-state index contributed by atoms with van der Waals surface area (Å²) in [6.07, 6.45) is 1.04. The van der Waals surface area contributed by atoms with Crippen molar-refractivity contribution in [3.8, 4) is 0 Å². The Morgan fingerprint density at radius 3 is 2.53 bits per heavy atom. The molecular weight excluding hydrogens is 236 g/mol. The number of hydrogen-bond donors (Lipinski definition) is 2. The van der Waals surface area contributed by atoms with Gasteiger partial charge in [0.2, 0.25) is 10.0 Å². The van der Waals surface area contributed by atoms with E-state index in [0.717, 1.165) is 18.7 Å². The van der Waals surface area contributed by atoms with Crippen molar-refractivity contribution < 1.29 is 8.42 Å². The smallest absolute Gasteiger partial charge is 0.238 e. The van der Waals surface area contributed by atoms with E-state index < -0.39 is 10.0 Å². The number of nitrogens with two attached hydrogens (primary N) is 1. The van der Waals surface area contributed by atoms with Crippen LogP contribution in [0.2, 0.25) is 0 Å². The van der Waals surface area contributed by atoms with Crippen LogP contribution >= 0.6 is 0 Å². The third kappa shape index (κ3) is 4.36. The molecule has 1 rings (SSSR count). The average molecular weight is 256 g/mol. The summed E-state index contributed by atoms with van der Waals surface area (Å²) in [5, 5.41) is 8.34. The van der Waals surface area contributed by atoms with Crippen LogP contribution in [-0.4, -0.2) is 15.0 Å². The van der Waals surface area contributed by atoms with Gasteiger partial charge in [-0.2, -0.15) is 0 Å². The van der Waals surface area contributed by atoms with E-state index in [4.69, 9.17) is 5.14 Å². The first-order valence-corrected chi connectivity index (χ1v) is 7.22. The standard InChI is InChI=1S/C12H20N2O2S/c1-9(2)6-7-14-11-5-4-10(3)12(8-11)17(13,15)16/h4-5,8-9,14H,6-7H2,1-3H3,(H2,13,15,16). The number of rotatable bonds is 5. The number of hydrogen-bond acceptors (Lipinski definition) is 3.